The maximum absolute atomic E-state index is 11.6. The summed E-state index contributed by atoms with van der Waals surface area (Å²) in [5.41, 5.74) is 0.427. The molecule has 104 valence electrons. The molecule has 0 saturated carbocycles. The van der Waals surface area contributed by atoms with Crippen molar-refractivity contribution in [3.63, 3.8) is 0 Å². The fraction of sp³-hybridized carbons (Fsp3) is 0.636. The van der Waals surface area contributed by atoms with Crippen molar-refractivity contribution in [3.05, 3.63) is 21.9 Å². The van der Waals surface area contributed by atoms with Crippen LogP contribution in [0.4, 0.5) is 0 Å². The molecule has 1 heterocycles. The van der Waals surface area contributed by atoms with Gasteiger partial charge in [0.1, 0.15) is 5.69 Å². The Morgan fingerprint density at radius 3 is 2.33 bits per heavy atom. The third-order valence-corrected chi connectivity index (χ3v) is 2.56. The Bertz CT molecular complexity index is 423. The van der Waals surface area contributed by atoms with Crippen LogP contribution in [0, 0.1) is 0 Å². The molecule has 0 aliphatic carbocycles. The molecule has 0 spiro atoms. The van der Waals surface area contributed by atoms with Crippen LogP contribution in [0.1, 0.15) is 37.0 Å². The van der Waals surface area contributed by atoms with Gasteiger partial charge in [0.2, 0.25) is 0 Å². The van der Waals surface area contributed by atoms with E-state index in [9.17, 15) is 9.59 Å². The number of aromatic amines is 2. The molecule has 7 heteroatoms. The van der Waals surface area contributed by atoms with Crippen molar-refractivity contribution in [1.82, 2.24) is 14.9 Å². The van der Waals surface area contributed by atoms with E-state index in [1.807, 2.05) is 13.8 Å². The zero-order chi connectivity index (χ0) is 12.8. The number of H-pyrrole nitrogens is 2. The van der Waals surface area contributed by atoms with E-state index in [2.05, 4.69) is 14.9 Å². The Morgan fingerprint density at radius 2 is 1.83 bits per heavy atom. The summed E-state index contributed by atoms with van der Waals surface area (Å²) in [6.45, 7) is 8.30. The highest BCUT2D eigenvalue weighted by Crippen LogP contribution is 2.06. The first kappa shape index (κ1) is 16.7. The summed E-state index contributed by atoms with van der Waals surface area (Å²) in [4.78, 5) is 30.0. The lowest BCUT2D eigenvalue weighted by atomic mass is 10.3. The number of nitrogens with one attached hydrogen (secondary N) is 2. The molecule has 0 aromatic carbocycles. The van der Waals surface area contributed by atoms with Crippen molar-refractivity contribution in [2.24, 2.45) is 0 Å². The van der Waals surface area contributed by atoms with E-state index in [0.717, 1.165) is 13.1 Å². The summed E-state index contributed by atoms with van der Waals surface area (Å²) in [5.74, 6) is -0.493. The number of imidazole rings is 1. The molecule has 0 fully saturated rings. The van der Waals surface area contributed by atoms with Crippen LogP contribution in [0.25, 0.3) is 0 Å². The molecule has 0 amide bonds. The van der Waals surface area contributed by atoms with E-state index in [1.54, 1.807) is 6.92 Å². The monoisotopic (exact) mass is 277 g/mol. The molecule has 1 aromatic rings. The fourth-order valence-corrected chi connectivity index (χ4v) is 1.59. The molecular formula is C11H20ClN3O3. The average Bonchev–Trinajstić information content (AvgIpc) is 2.67. The van der Waals surface area contributed by atoms with Gasteiger partial charge in [-0.25, -0.2) is 9.59 Å². The van der Waals surface area contributed by atoms with Crippen LogP contribution in [0.15, 0.2) is 4.79 Å². The minimum atomic E-state index is -0.493. The third kappa shape index (κ3) is 4.19. The molecule has 2 N–H and O–H groups in total. The summed E-state index contributed by atoms with van der Waals surface area (Å²) < 4.78 is 4.88. The van der Waals surface area contributed by atoms with E-state index in [4.69, 9.17) is 4.74 Å². The molecule has 0 unspecified atom stereocenters. The molecular weight excluding hydrogens is 258 g/mol. The third-order valence-electron chi connectivity index (χ3n) is 2.56. The van der Waals surface area contributed by atoms with Crippen molar-refractivity contribution in [2.75, 3.05) is 19.7 Å². The van der Waals surface area contributed by atoms with Gasteiger partial charge in [-0.1, -0.05) is 13.8 Å². The number of ether oxygens (including phenoxy) is 1. The van der Waals surface area contributed by atoms with Crippen molar-refractivity contribution in [3.8, 4) is 0 Å². The molecule has 0 atom stereocenters. The second kappa shape index (κ2) is 7.94. The van der Waals surface area contributed by atoms with Gasteiger partial charge < -0.3 is 9.72 Å². The second-order valence-corrected chi connectivity index (χ2v) is 3.61. The predicted molar refractivity (Wildman–Crippen MR) is 71.2 cm³/mol. The molecule has 0 bridgehead atoms. The fourth-order valence-electron chi connectivity index (χ4n) is 1.59. The first-order valence-electron chi connectivity index (χ1n) is 5.82. The van der Waals surface area contributed by atoms with Crippen LogP contribution in [-0.4, -0.2) is 40.5 Å². The summed E-state index contributed by atoms with van der Waals surface area (Å²) in [6, 6.07) is 0. The second-order valence-electron chi connectivity index (χ2n) is 3.61. The van der Waals surface area contributed by atoms with Crippen LogP contribution in [-0.2, 0) is 11.3 Å². The predicted octanol–water partition coefficient (Wildman–Crippen LogP) is 1.14. The van der Waals surface area contributed by atoms with E-state index in [-0.39, 0.29) is 30.4 Å². The lowest BCUT2D eigenvalue weighted by Gasteiger charge is -2.17. The van der Waals surface area contributed by atoms with E-state index >= 15 is 0 Å². The Balaban J connectivity index is 0.00000289. The summed E-state index contributed by atoms with van der Waals surface area (Å²) in [5, 5.41) is 0. The smallest absolute Gasteiger partial charge is 0.356 e. The zero-order valence-corrected chi connectivity index (χ0v) is 11.7. The highest BCUT2D eigenvalue weighted by atomic mass is 35.5. The van der Waals surface area contributed by atoms with Gasteiger partial charge in [-0.05, 0) is 20.0 Å². The Hall–Kier alpha value is -1.27. The lowest BCUT2D eigenvalue weighted by molar-refractivity contribution is 0.0517. The first-order chi connectivity index (χ1) is 8.12. The van der Waals surface area contributed by atoms with Crippen molar-refractivity contribution < 1.29 is 9.53 Å². The summed E-state index contributed by atoms with van der Waals surface area (Å²) in [6.07, 6.45) is 0. The van der Waals surface area contributed by atoms with Gasteiger partial charge in [0.05, 0.1) is 12.3 Å². The average molecular weight is 278 g/mol. The molecule has 1 rings (SSSR count). The first-order valence-corrected chi connectivity index (χ1v) is 5.82. The number of esters is 1. The van der Waals surface area contributed by atoms with Crippen LogP contribution in [0.2, 0.25) is 0 Å². The van der Waals surface area contributed by atoms with Gasteiger partial charge in [0.15, 0.2) is 0 Å². The number of rotatable bonds is 6. The number of hydrogen-bond donors (Lipinski definition) is 2. The normalized spacial score (nSPS) is 10.2. The summed E-state index contributed by atoms with van der Waals surface area (Å²) >= 11 is 0. The Kier molecular flexibility index (Phi) is 7.38. The highest BCUT2D eigenvalue weighted by molar-refractivity contribution is 5.88. The zero-order valence-electron chi connectivity index (χ0n) is 10.9. The number of hydrogen-bond acceptors (Lipinski definition) is 4. The molecule has 0 aliphatic rings. The molecule has 6 nitrogen and oxygen atoms in total. The van der Waals surface area contributed by atoms with Gasteiger partial charge in [-0.2, -0.15) is 0 Å². The minimum Gasteiger partial charge on any atom is -0.461 e. The Morgan fingerprint density at radius 1 is 1.22 bits per heavy atom. The van der Waals surface area contributed by atoms with Crippen LogP contribution in [0.5, 0.6) is 0 Å². The van der Waals surface area contributed by atoms with Crippen LogP contribution in [0.3, 0.4) is 0 Å². The number of carbonyl (C=O) groups is 1. The highest BCUT2D eigenvalue weighted by Gasteiger charge is 2.17. The van der Waals surface area contributed by atoms with Gasteiger partial charge in [-0.3, -0.25) is 9.88 Å². The van der Waals surface area contributed by atoms with Crippen molar-refractivity contribution >= 4 is 18.4 Å². The molecule has 18 heavy (non-hydrogen) atoms. The number of nitrogens with zero attached hydrogens (tertiary/aromatic N) is 1. The van der Waals surface area contributed by atoms with Gasteiger partial charge in [0, 0.05) is 6.54 Å². The largest absolute Gasteiger partial charge is 0.461 e. The topological polar surface area (TPSA) is 78.2 Å². The van der Waals surface area contributed by atoms with Crippen molar-refractivity contribution in [1.29, 1.82) is 0 Å². The SMILES string of the molecule is CCOC(=O)c1[nH]c(=O)[nH]c1CN(CC)CC.Cl. The van der Waals surface area contributed by atoms with E-state index in [1.165, 1.54) is 0 Å². The molecule has 1 aromatic heterocycles. The maximum atomic E-state index is 11.6. The Labute approximate surface area is 112 Å². The van der Waals surface area contributed by atoms with Gasteiger partial charge >= 0.3 is 11.7 Å². The van der Waals surface area contributed by atoms with Gasteiger partial charge in [0.25, 0.3) is 0 Å². The molecule has 0 radical (unpaired) electrons. The lowest BCUT2D eigenvalue weighted by Crippen LogP contribution is -2.24. The summed E-state index contributed by atoms with van der Waals surface area (Å²) in [7, 11) is 0. The molecule has 0 aliphatic heterocycles. The van der Waals surface area contributed by atoms with Crippen molar-refractivity contribution in [2.45, 2.75) is 27.3 Å². The number of carbonyl (C=O) groups excluding carboxylic acids is 1. The van der Waals surface area contributed by atoms with Crippen LogP contribution < -0.4 is 5.69 Å². The van der Waals surface area contributed by atoms with E-state index in [0.29, 0.717) is 12.2 Å². The quantitative estimate of drug-likeness (QED) is 0.765. The van der Waals surface area contributed by atoms with E-state index < -0.39 is 5.97 Å². The number of aromatic nitrogens is 2. The maximum Gasteiger partial charge on any atom is 0.356 e. The van der Waals surface area contributed by atoms with Gasteiger partial charge in [-0.15, -0.1) is 12.4 Å². The standard InChI is InChI=1S/C11H19N3O3.ClH/c1-4-14(5-2)7-8-9(10(15)17-6-3)13-11(16)12-8;/h4-7H2,1-3H3,(H2,12,13,16);1H. The number of halogens is 1. The minimum absolute atomic E-state index is 0. The van der Waals surface area contributed by atoms with Crippen LogP contribution >= 0.6 is 12.4 Å². The molecule has 0 saturated heterocycles.